The summed E-state index contributed by atoms with van der Waals surface area (Å²) in [6, 6.07) is 8.20. The number of likely N-dealkylation sites (N-methyl/N-ethyl adjacent to an activating group) is 1. The van der Waals surface area contributed by atoms with Gasteiger partial charge in [-0.15, -0.1) is 0 Å². The molecule has 1 aromatic heterocycles. The Morgan fingerprint density at radius 2 is 2.06 bits per heavy atom. The first-order chi connectivity index (χ1) is 8.65. The highest BCUT2D eigenvalue weighted by molar-refractivity contribution is 9.10. The molecule has 0 unspecified atom stereocenters. The molecule has 1 N–H and O–H groups in total. The summed E-state index contributed by atoms with van der Waals surface area (Å²) in [4.78, 5) is 4.77. The fraction of sp³-hybridized carbons (Fsp3) is 0.357. The number of benzene rings is 1. The summed E-state index contributed by atoms with van der Waals surface area (Å²) in [6.45, 7) is 3.07. The van der Waals surface area contributed by atoms with Crippen LogP contribution in [0.3, 0.4) is 0 Å². The van der Waals surface area contributed by atoms with Crippen molar-refractivity contribution in [1.29, 1.82) is 0 Å². The Morgan fingerprint density at radius 1 is 1.33 bits per heavy atom. The summed E-state index contributed by atoms with van der Waals surface area (Å²) >= 11 is 3.59. The predicted molar refractivity (Wildman–Crippen MR) is 78.7 cm³/mol. The minimum Gasteiger partial charge on any atom is -0.331 e. The lowest BCUT2D eigenvalue weighted by Crippen LogP contribution is -2.11. The van der Waals surface area contributed by atoms with Gasteiger partial charge in [-0.1, -0.05) is 34.1 Å². The van der Waals surface area contributed by atoms with Crippen LogP contribution in [0.2, 0.25) is 0 Å². The number of rotatable bonds is 4. The van der Waals surface area contributed by atoms with Crippen LogP contribution in [0.15, 0.2) is 28.7 Å². The van der Waals surface area contributed by atoms with E-state index in [4.69, 9.17) is 4.98 Å². The fourth-order valence-corrected chi connectivity index (χ4v) is 2.46. The highest BCUT2D eigenvalue weighted by atomic mass is 79.9. The van der Waals surface area contributed by atoms with Crippen LogP contribution in [-0.4, -0.2) is 23.1 Å². The normalized spacial score (nSPS) is 10.9. The van der Waals surface area contributed by atoms with E-state index in [0.29, 0.717) is 0 Å². The Morgan fingerprint density at radius 3 is 2.72 bits per heavy atom. The summed E-state index contributed by atoms with van der Waals surface area (Å²) in [5.74, 6) is 1.02. The molecule has 18 heavy (non-hydrogen) atoms. The van der Waals surface area contributed by atoms with Gasteiger partial charge in [0.1, 0.15) is 5.82 Å². The van der Waals surface area contributed by atoms with Gasteiger partial charge < -0.3 is 9.88 Å². The van der Waals surface area contributed by atoms with Crippen molar-refractivity contribution in [3.05, 3.63) is 40.1 Å². The maximum atomic E-state index is 4.77. The van der Waals surface area contributed by atoms with Crippen LogP contribution in [0.4, 0.5) is 0 Å². The molecule has 3 nitrogen and oxygen atoms in total. The molecule has 0 aliphatic heterocycles. The van der Waals surface area contributed by atoms with E-state index in [1.54, 1.807) is 0 Å². The lowest BCUT2D eigenvalue weighted by molar-refractivity contribution is 0.772. The van der Waals surface area contributed by atoms with E-state index in [-0.39, 0.29) is 0 Å². The first-order valence-electron chi connectivity index (χ1n) is 6.07. The van der Waals surface area contributed by atoms with Gasteiger partial charge in [-0.2, -0.15) is 0 Å². The predicted octanol–water partition coefficient (Wildman–Crippen LogP) is 2.92. The van der Waals surface area contributed by atoms with E-state index in [1.165, 1.54) is 5.69 Å². The quantitative estimate of drug-likeness (QED) is 0.941. The van der Waals surface area contributed by atoms with E-state index in [0.717, 1.165) is 34.5 Å². The van der Waals surface area contributed by atoms with E-state index < -0.39 is 0 Å². The molecule has 1 heterocycles. The van der Waals surface area contributed by atoms with Crippen molar-refractivity contribution in [3.8, 4) is 11.4 Å². The van der Waals surface area contributed by atoms with E-state index in [9.17, 15) is 0 Å². The summed E-state index contributed by atoms with van der Waals surface area (Å²) in [5.41, 5.74) is 3.53. The summed E-state index contributed by atoms with van der Waals surface area (Å²) < 4.78 is 3.24. The van der Waals surface area contributed by atoms with Crippen molar-refractivity contribution >= 4 is 15.9 Å². The van der Waals surface area contributed by atoms with Crippen LogP contribution in [-0.2, 0) is 13.5 Å². The lowest BCUT2D eigenvalue weighted by Gasteiger charge is -2.05. The zero-order valence-electron chi connectivity index (χ0n) is 11.0. The summed E-state index contributed by atoms with van der Waals surface area (Å²) in [6.07, 6.45) is 0.959. The molecule has 0 aliphatic carbocycles. The van der Waals surface area contributed by atoms with E-state index in [2.05, 4.69) is 45.9 Å². The molecule has 0 saturated carbocycles. The molecule has 0 atom stereocenters. The molecular formula is C14H18BrN3. The zero-order valence-corrected chi connectivity index (χ0v) is 12.6. The van der Waals surface area contributed by atoms with Crippen LogP contribution >= 0.6 is 15.9 Å². The first kappa shape index (κ1) is 13.3. The van der Waals surface area contributed by atoms with Crippen LogP contribution in [0, 0.1) is 6.92 Å². The monoisotopic (exact) mass is 307 g/mol. The molecule has 96 valence electrons. The summed E-state index contributed by atoms with van der Waals surface area (Å²) in [7, 11) is 4.03. The SMILES string of the molecule is CNCCc1nc(-c2ccccc2Br)n(C)c1C. The number of nitrogens with zero attached hydrogens (tertiary/aromatic N) is 2. The van der Waals surface area contributed by atoms with Gasteiger partial charge in [-0.25, -0.2) is 4.98 Å². The number of halogens is 1. The summed E-state index contributed by atoms with van der Waals surface area (Å²) in [5, 5.41) is 3.16. The molecule has 0 radical (unpaired) electrons. The molecule has 0 fully saturated rings. The zero-order chi connectivity index (χ0) is 13.1. The highest BCUT2D eigenvalue weighted by Gasteiger charge is 2.13. The maximum Gasteiger partial charge on any atom is 0.141 e. The van der Waals surface area contributed by atoms with Crippen LogP contribution in [0.25, 0.3) is 11.4 Å². The van der Waals surface area contributed by atoms with E-state index in [1.807, 2.05) is 25.2 Å². The Labute approximate surface area is 116 Å². The minimum atomic E-state index is 0.952. The van der Waals surface area contributed by atoms with Gasteiger partial charge in [-0.05, 0) is 20.0 Å². The van der Waals surface area contributed by atoms with Crippen molar-refractivity contribution in [2.24, 2.45) is 7.05 Å². The van der Waals surface area contributed by atoms with Crippen molar-refractivity contribution in [3.63, 3.8) is 0 Å². The second-order valence-electron chi connectivity index (χ2n) is 4.36. The minimum absolute atomic E-state index is 0.952. The average Bonchev–Trinajstić information content (AvgIpc) is 2.65. The Bertz CT molecular complexity index is 546. The van der Waals surface area contributed by atoms with Gasteiger partial charge in [0, 0.05) is 35.7 Å². The van der Waals surface area contributed by atoms with Crippen LogP contribution in [0.1, 0.15) is 11.4 Å². The van der Waals surface area contributed by atoms with Gasteiger partial charge in [0.25, 0.3) is 0 Å². The standard InChI is InChI=1S/C14H18BrN3/c1-10-13(8-9-16-2)17-14(18(10)3)11-6-4-5-7-12(11)15/h4-7,16H,8-9H2,1-3H3. The third-order valence-corrected chi connectivity index (χ3v) is 3.90. The second-order valence-corrected chi connectivity index (χ2v) is 5.21. The van der Waals surface area contributed by atoms with E-state index >= 15 is 0 Å². The lowest BCUT2D eigenvalue weighted by atomic mass is 10.2. The van der Waals surface area contributed by atoms with Crippen molar-refractivity contribution in [1.82, 2.24) is 14.9 Å². The Balaban J connectivity index is 2.43. The largest absolute Gasteiger partial charge is 0.331 e. The van der Waals surface area contributed by atoms with Crippen LogP contribution in [0.5, 0.6) is 0 Å². The smallest absolute Gasteiger partial charge is 0.141 e. The van der Waals surface area contributed by atoms with Gasteiger partial charge in [0.05, 0.1) is 5.69 Å². The van der Waals surface area contributed by atoms with Gasteiger partial charge in [-0.3, -0.25) is 0 Å². The van der Waals surface area contributed by atoms with Crippen LogP contribution < -0.4 is 5.32 Å². The third-order valence-electron chi connectivity index (χ3n) is 3.21. The molecule has 4 heteroatoms. The molecular weight excluding hydrogens is 290 g/mol. The second kappa shape index (κ2) is 5.67. The molecule has 0 aliphatic rings. The number of imidazole rings is 1. The molecule has 1 aromatic carbocycles. The Hall–Kier alpha value is -1.13. The average molecular weight is 308 g/mol. The van der Waals surface area contributed by atoms with Gasteiger partial charge >= 0.3 is 0 Å². The fourth-order valence-electron chi connectivity index (χ4n) is 2.00. The molecule has 0 saturated heterocycles. The van der Waals surface area contributed by atoms with Crippen molar-refractivity contribution in [2.75, 3.05) is 13.6 Å². The molecule has 0 amide bonds. The van der Waals surface area contributed by atoms with Gasteiger partial charge in [0.2, 0.25) is 0 Å². The number of aromatic nitrogens is 2. The molecule has 0 spiro atoms. The van der Waals surface area contributed by atoms with Gasteiger partial charge in [0.15, 0.2) is 0 Å². The molecule has 2 rings (SSSR count). The number of hydrogen-bond acceptors (Lipinski definition) is 2. The molecule has 0 bridgehead atoms. The maximum absolute atomic E-state index is 4.77. The van der Waals surface area contributed by atoms with Crippen molar-refractivity contribution < 1.29 is 0 Å². The number of nitrogens with one attached hydrogen (secondary N) is 1. The Kier molecular flexibility index (Phi) is 4.19. The third kappa shape index (κ3) is 2.49. The number of hydrogen-bond donors (Lipinski definition) is 1. The first-order valence-corrected chi connectivity index (χ1v) is 6.86. The topological polar surface area (TPSA) is 29.9 Å². The van der Waals surface area contributed by atoms with Crippen molar-refractivity contribution in [2.45, 2.75) is 13.3 Å². The highest BCUT2D eigenvalue weighted by Crippen LogP contribution is 2.28. The molecule has 2 aromatic rings.